The van der Waals surface area contributed by atoms with E-state index in [2.05, 4.69) is 5.43 Å². The van der Waals surface area contributed by atoms with E-state index in [-0.39, 0.29) is 28.4 Å². The van der Waals surface area contributed by atoms with Crippen LogP contribution in [0, 0.1) is 0 Å². The maximum atomic E-state index is 13.3. The van der Waals surface area contributed by atoms with Crippen molar-refractivity contribution in [3.05, 3.63) is 41.6 Å². The van der Waals surface area contributed by atoms with Gasteiger partial charge >= 0.3 is 6.18 Å². The van der Waals surface area contributed by atoms with Crippen LogP contribution in [-0.4, -0.2) is 33.0 Å². The first-order valence-electron chi connectivity index (χ1n) is 7.10. The predicted octanol–water partition coefficient (Wildman–Crippen LogP) is 2.68. The van der Waals surface area contributed by atoms with Crippen LogP contribution in [0.3, 0.4) is 0 Å². The molecule has 2 rings (SSSR count). The van der Waals surface area contributed by atoms with Gasteiger partial charge in [0.1, 0.15) is 5.75 Å². The fourth-order valence-corrected chi connectivity index (χ4v) is 2.21. The second-order valence-electron chi connectivity index (χ2n) is 5.30. The van der Waals surface area contributed by atoms with E-state index in [1.807, 2.05) is 6.92 Å². The van der Waals surface area contributed by atoms with Crippen LogP contribution in [0.4, 0.5) is 13.2 Å². The summed E-state index contributed by atoms with van der Waals surface area (Å²) in [5.74, 6) is -1.17. The molecule has 1 aliphatic rings. The molecule has 0 saturated carbocycles. The third-order valence-electron chi connectivity index (χ3n) is 3.51. The van der Waals surface area contributed by atoms with Gasteiger partial charge in [-0.3, -0.25) is 10.2 Å². The minimum atomic E-state index is -5.06. The predicted molar refractivity (Wildman–Crippen MR) is 76.0 cm³/mol. The lowest BCUT2D eigenvalue weighted by molar-refractivity contribution is -0.283. The molecule has 1 aromatic carbocycles. The lowest BCUT2D eigenvalue weighted by Crippen LogP contribution is -2.60. The van der Waals surface area contributed by atoms with Gasteiger partial charge < -0.3 is 10.2 Å². The van der Waals surface area contributed by atoms with Crippen molar-refractivity contribution < 1.29 is 28.2 Å². The highest BCUT2D eigenvalue weighted by atomic mass is 19.4. The van der Waals surface area contributed by atoms with Crippen LogP contribution in [0.1, 0.15) is 36.5 Å². The Hall–Kier alpha value is -2.22. The van der Waals surface area contributed by atoms with Gasteiger partial charge in [0.2, 0.25) is 0 Å². The molecule has 1 aliphatic heterocycles. The Morgan fingerprint density at radius 3 is 2.43 bits per heavy atom. The lowest BCUT2D eigenvalue weighted by atomic mass is 10.1. The quantitative estimate of drug-likeness (QED) is 0.794. The maximum Gasteiger partial charge on any atom is 0.442 e. The van der Waals surface area contributed by atoms with E-state index in [1.165, 1.54) is 24.3 Å². The zero-order valence-corrected chi connectivity index (χ0v) is 12.4. The van der Waals surface area contributed by atoms with Gasteiger partial charge in [0.15, 0.2) is 0 Å². The molecule has 1 amide bonds. The van der Waals surface area contributed by atoms with Gasteiger partial charge in [0, 0.05) is 11.3 Å². The van der Waals surface area contributed by atoms with Crippen molar-refractivity contribution in [3.8, 4) is 5.75 Å². The molecule has 0 spiro atoms. The number of rotatable bonds is 4. The minimum Gasteiger partial charge on any atom is -0.508 e. The average Bonchev–Trinajstić information content (AvgIpc) is 2.83. The Balaban J connectivity index is 2.32. The lowest BCUT2D eigenvalue weighted by Gasteiger charge is -2.33. The number of amides is 1. The first kappa shape index (κ1) is 17.1. The fraction of sp³-hybridized carbons (Fsp3) is 0.400. The van der Waals surface area contributed by atoms with Gasteiger partial charge in [-0.05, 0) is 43.2 Å². The van der Waals surface area contributed by atoms with Crippen molar-refractivity contribution in [2.45, 2.75) is 38.1 Å². The van der Waals surface area contributed by atoms with Crippen LogP contribution in [0.25, 0.3) is 0 Å². The van der Waals surface area contributed by atoms with Crippen molar-refractivity contribution in [2.75, 3.05) is 0 Å². The highest BCUT2D eigenvalue weighted by Gasteiger charge is 2.61. The fourth-order valence-electron chi connectivity index (χ4n) is 2.21. The van der Waals surface area contributed by atoms with Gasteiger partial charge in [-0.2, -0.15) is 13.2 Å². The molecule has 0 aromatic heterocycles. The number of aromatic hydroxyl groups is 1. The Bertz CT molecular complexity index is 613. The molecule has 1 heterocycles. The monoisotopic (exact) mass is 330 g/mol. The third kappa shape index (κ3) is 3.26. The Kier molecular flexibility index (Phi) is 4.56. The van der Waals surface area contributed by atoms with Gasteiger partial charge in [-0.15, -0.1) is 0 Å². The zero-order chi connectivity index (χ0) is 17.3. The van der Waals surface area contributed by atoms with Crippen LogP contribution in [0.5, 0.6) is 5.75 Å². The Morgan fingerprint density at radius 2 is 1.91 bits per heavy atom. The van der Waals surface area contributed by atoms with E-state index in [9.17, 15) is 28.2 Å². The van der Waals surface area contributed by atoms with E-state index in [0.29, 0.717) is 12.5 Å². The second kappa shape index (κ2) is 6.11. The summed E-state index contributed by atoms with van der Waals surface area (Å²) in [6.07, 6.45) is -2.76. The van der Waals surface area contributed by atoms with E-state index in [4.69, 9.17) is 0 Å². The van der Waals surface area contributed by atoms with Gasteiger partial charge in [0.25, 0.3) is 11.6 Å². The highest BCUT2D eigenvalue weighted by molar-refractivity contribution is 5.95. The normalized spacial score (nSPS) is 21.1. The molecule has 0 radical (unpaired) electrons. The van der Waals surface area contributed by atoms with Crippen LogP contribution < -0.4 is 5.43 Å². The molecular formula is C15H17F3N2O3. The second-order valence-corrected chi connectivity index (χ2v) is 5.30. The van der Waals surface area contributed by atoms with Crippen LogP contribution in [0.2, 0.25) is 0 Å². The largest absolute Gasteiger partial charge is 0.508 e. The van der Waals surface area contributed by atoms with Crippen LogP contribution in [0.15, 0.2) is 36.0 Å². The summed E-state index contributed by atoms with van der Waals surface area (Å²) >= 11 is 0. The molecule has 5 nitrogen and oxygen atoms in total. The number of nitrogens with zero attached hydrogens (tertiary/aromatic N) is 1. The molecule has 3 N–H and O–H groups in total. The molecule has 0 unspecified atom stereocenters. The van der Waals surface area contributed by atoms with Gasteiger partial charge in [-0.25, -0.2) is 5.01 Å². The molecular weight excluding hydrogens is 313 g/mol. The van der Waals surface area contributed by atoms with E-state index in [0.717, 1.165) is 6.42 Å². The number of phenolic OH excluding ortho intramolecular Hbond substituents is 1. The van der Waals surface area contributed by atoms with Crippen molar-refractivity contribution in [2.24, 2.45) is 0 Å². The number of allylic oxidation sites excluding steroid dienone is 1. The molecule has 8 heteroatoms. The summed E-state index contributed by atoms with van der Waals surface area (Å²) in [6, 6.07) is 4.73. The SMILES string of the molecule is CCCCC1=C[C@@](O)(C(F)(F)F)N(C(=O)c2ccc(O)cc2)N1. The topological polar surface area (TPSA) is 72.8 Å². The first-order valence-corrected chi connectivity index (χ1v) is 7.10. The summed E-state index contributed by atoms with van der Waals surface area (Å²) in [4.78, 5) is 12.3. The van der Waals surface area contributed by atoms with Gasteiger partial charge in [0.05, 0.1) is 0 Å². The minimum absolute atomic E-state index is 0.0943. The molecule has 0 aliphatic carbocycles. The number of hydrogen-bond donors (Lipinski definition) is 3. The number of nitrogens with one attached hydrogen (secondary N) is 1. The summed E-state index contributed by atoms with van der Waals surface area (Å²) in [5.41, 5.74) is -1.02. The molecule has 23 heavy (non-hydrogen) atoms. The van der Waals surface area contributed by atoms with E-state index >= 15 is 0 Å². The van der Waals surface area contributed by atoms with Crippen LogP contribution >= 0.6 is 0 Å². The van der Waals surface area contributed by atoms with Crippen molar-refractivity contribution in [3.63, 3.8) is 0 Å². The number of alkyl halides is 3. The van der Waals surface area contributed by atoms with Crippen molar-refractivity contribution >= 4 is 5.91 Å². The summed E-state index contributed by atoms with van der Waals surface area (Å²) in [5, 5.41) is 19.4. The zero-order valence-electron chi connectivity index (χ0n) is 12.4. The summed E-state index contributed by atoms with van der Waals surface area (Å²) in [6.45, 7) is 1.88. The number of halogens is 3. The standard InChI is InChI=1S/C15H17F3N2O3/c1-2-3-4-11-9-14(23,15(16,17)18)20(19-11)13(22)10-5-7-12(21)8-6-10/h5-9,19,21,23H,2-4H2,1H3/t14-/m1/s1. The van der Waals surface area contributed by atoms with E-state index < -0.39 is 17.8 Å². The number of phenols is 1. The molecule has 0 saturated heterocycles. The number of carbonyl (C=O) groups is 1. The molecule has 126 valence electrons. The maximum absolute atomic E-state index is 13.3. The molecule has 1 atom stereocenters. The number of benzene rings is 1. The van der Waals surface area contributed by atoms with Gasteiger partial charge in [-0.1, -0.05) is 13.3 Å². The molecule has 0 bridgehead atoms. The Morgan fingerprint density at radius 1 is 1.30 bits per heavy atom. The number of hydrazine groups is 1. The first-order chi connectivity index (χ1) is 10.7. The van der Waals surface area contributed by atoms with E-state index in [1.54, 1.807) is 0 Å². The number of aliphatic hydroxyl groups is 1. The summed E-state index contributed by atoms with van der Waals surface area (Å²) < 4.78 is 39.8. The summed E-state index contributed by atoms with van der Waals surface area (Å²) in [7, 11) is 0. The Labute approximate surface area is 131 Å². The van der Waals surface area contributed by atoms with Crippen molar-refractivity contribution in [1.82, 2.24) is 10.4 Å². The smallest absolute Gasteiger partial charge is 0.442 e. The number of carbonyl (C=O) groups excluding carboxylic acids is 1. The number of unbranched alkanes of at least 4 members (excludes halogenated alkanes) is 1. The molecule has 0 fully saturated rings. The average molecular weight is 330 g/mol. The number of hydrogen-bond acceptors (Lipinski definition) is 4. The molecule has 1 aromatic rings. The third-order valence-corrected chi connectivity index (χ3v) is 3.51. The van der Waals surface area contributed by atoms with Crippen molar-refractivity contribution in [1.29, 1.82) is 0 Å². The van der Waals surface area contributed by atoms with Crippen LogP contribution in [-0.2, 0) is 0 Å². The highest BCUT2D eigenvalue weighted by Crippen LogP contribution is 2.39.